The highest BCUT2D eigenvalue weighted by Crippen LogP contribution is 2.40. The quantitative estimate of drug-likeness (QED) is 0.857. The lowest BCUT2D eigenvalue weighted by Crippen LogP contribution is -2.29. The van der Waals surface area contributed by atoms with Gasteiger partial charge < -0.3 is 15.4 Å². The van der Waals surface area contributed by atoms with E-state index in [0.717, 1.165) is 30.9 Å². The van der Waals surface area contributed by atoms with Gasteiger partial charge in [-0.2, -0.15) is 0 Å². The number of rotatable bonds is 2. The number of anilines is 1. The number of hydrogen-bond donors (Lipinski definition) is 1. The molecule has 0 bridgehead atoms. The van der Waals surface area contributed by atoms with Crippen molar-refractivity contribution in [1.82, 2.24) is 4.90 Å². The van der Waals surface area contributed by atoms with Gasteiger partial charge in [-0.3, -0.25) is 0 Å². The number of ether oxygens (including phenoxy) is 1. The number of benzene rings is 2. The van der Waals surface area contributed by atoms with Gasteiger partial charge in [-0.25, -0.2) is 0 Å². The van der Waals surface area contributed by atoms with Crippen LogP contribution in [0.2, 0.25) is 0 Å². The largest absolute Gasteiger partial charge is 0.485 e. The number of para-hydroxylation sites is 1. The van der Waals surface area contributed by atoms with E-state index in [2.05, 4.69) is 41.4 Å². The van der Waals surface area contributed by atoms with Crippen molar-refractivity contribution in [2.75, 3.05) is 12.3 Å². The molecule has 3 heteroatoms. The molecule has 0 aliphatic carbocycles. The molecule has 106 valence electrons. The second kappa shape index (κ2) is 4.85. The molecular weight excluding hydrogens is 260 g/mol. The molecule has 0 unspecified atom stereocenters. The van der Waals surface area contributed by atoms with E-state index in [-0.39, 0.29) is 6.10 Å². The summed E-state index contributed by atoms with van der Waals surface area (Å²) in [5, 5.41) is 0. The molecule has 2 aliphatic heterocycles. The van der Waals surface area contributed by atoms with Gasteiger partial charge in [0.05, 0.1) is 0 Å². The van der Waals surface area contributed by atoms with Gasteiger partial charge in [-0.15, -0.1) is 0 Å². The van der Waals surface area contributed by atoms with Gasteiger partial charge in [0.2, 0.25) is 0 Å². The third-order valence-corrected chi connectivity index (χ3v) is 4.18. The Morgan fingerprint density at radius 1 is 1.10 bits per heavy atom. The Morgan fingerprint density at radius 3 is 2.76 bits per heavy atom. The monoisotopic (exact) mass is 278 g/mol. The van der Waals surface area contributed by atoms with Gasteiger partial charge in [0.1, 0.15) is 11.9 Å². The van der Waals surface area contributed by atoms with E-state index in [1.165, 1.54) is 16.7 Å². The maximum Gasteiger partial charge on any atom is 0.128 e. The molecule has 3 nitrogen and oxygen atoms in total. The van der Waals surface area contributed by atoms with Crippen LogP contribution in [0.4, 0.5) is 5.69 Å². The summed E-state index contributed by atoms with van der Waals surface area (Å²) in [5.74, 6) is 1.02. The van der Waals surface area contributed by atoms with Crippen molar-refractivity contribution in [3.8, 4) is 5.75 Å². The topological polar surface area (TPSA) is 38.5 Å². The van der Waals surface area contributed by atoms with Gasteiger partial charge in [-0.1, -0.05) is 30.3 Å². The van der Waals surface area contributed by atoms with Crippen molar-refractivity contribution in [2.45, 2.75) is 19.1 Å². The summed E-state index contributed by atoms with van der Waals surface area (Å²) in [6, 6.07) is 16.4. The Bertz CT molecular complexity index is 691. The lowest BCUT2D eigenvalue weighted by molar-refractivity contribution is 0.221. The molecule has 4 rings (SSSR count). The normalized spacial score (nSPS) is 19.5. The molecule has 1 atom stereocenters. The van der Waals surface area contributed by atoms with Gasteiger partial charge >= 0.3 is 0 Å². The minimum absolute atomic E-state index is 0.227. The zero-order chi connectivity index (χ0) is 14.2. The second-order valence-electron chi connectivity index (χ2n) is 5.69. The maximum absolute atomic E-state index is 6.01. The van der Waals surface area contributed by atoms with Crippen molar-refractivity contribution >= 4 is 11.3 Å². The summed E-state index contributed by atoms with van der Waals surface area (Å²) >= 11 is 0. The highest BCUT2D eigenvalue weighted by atomic mass is 16.5. The van der Waals surface area contributed by atoms with Gasteiger partial charge in [-0.05, 0) is 23.8 Å². The second-order valence-corrected chi connectivity index (χ2v) is 5.69. The summed E-state index contributed by atoms with van der Waals surface area (Å²) in [5.41, 5.74) is 10.4. The molecular formula is C18H18N2O. The average molecular weight is 278 g/mol. The summed E-state index contributed by atoms with van der Waals surface area (Å²) in [4.78, 5) is 2.36. The average Bonchev–Trinajstić information content (AvgIpc) is 2.88. The predicted molar refractivity (Wildman–Crippen MR) is 84.7 cm³/mol. The molecule has 0 fully saturated rings. The van der Waals surface area contributed by atoms with Crippen LogP contribution >= 0.6 is 0 Å². The number of nitrogens with two attached hydrogens (primary N) is 1. The number of nitrogens with zero attached hydrogens (tertiary/aromatic N) is 1. The highest BCUT2D eigenvalue weighted by Gasteiger charge is 2.31. The lowest BCUT2D eigenvalue weighted by Gasteiger charge is -2.28. The Morgan fingerprint density at radius 2 is 1.90 bits per heavy atom. The van der Waals surface area contributed by atoms with E-state index in [4.69, 9.17) is 10.5 Å². The van der Waals surface area contributed by atoms with E-state index in [1.807, 2.05) is 18.2 Å². The fourth-order valence-corrected chi connectivity index (χ4v) is 3.09. The van der Waals surface area contributed by atoms with E-state index < -0.39 is 0 Å². The minimum Gasteiger partial charge on any atom is -0.485 e. The van der Waals surface area contributed by atoms with Crippen LogP contribution in [0.3, 0.4) is 0 Å². The number of fused-ring (bicyclic) bond motifs is 3. The molecule has 0 amide bonds. The molecule has 2 heterocycles. The van der Waals surface area contributed by atoms with Crippen LogP contribution in [0.5, 0.6) is 5.75 Å². The molecule has 2 aliphatic rings. The standard InChI is InChI=1S/C18H18N2O/c19-14-7-5-13(6-8-14)11-20-10-9-18-16(12-20)15-3-1-2-4-17(15)21-18/h1-8,12,18H,9-11,19H2/t18-/m1/s1. The van der Waals surface area contributed by atoms with Gasteiger partial charge in [0.25, 0.3) is 0 Å². The Balaban J connectivity index is 1.59. The first-order valence-electron chi connectivity index (χ1n) is 7.36. The molecule has 2 aromatic carbocycles. The molecule has 0 aromatic heterocycles. The van der Waals surface area contributed by atoms with Crippen molar-refractivity contribution in [3.05, 3.63) is 65.9 Å². The Labute approximate surface area is 124 Å². The van der Waals surface area contributed by atoms with Crippen LogP contribution < -0.4 is 10.5 Å². The van der Waals surface area contributed by atoms with E-state index in [0.29, 0.717) is 0 Å². The fraction of sp³-hybridized carbons (Fsp3) is 0.222. The highest BCUT2D eigenvalue weighted by molar-refractivity contribution is 5.77. The van der Waals surface area contributed by atoms with Crippen molar-refractivity contribution in [1.29, 1.82) is 0 Å². The van der Waals surface area contributed by atoms with E-state index in [1.54, 1.807) is 0 Å². The molecule has 0 radical (unpaired) electrons. The third kappa shape index (κ3) is 2.25. The summed E-state index contributed by atoms with van der Waals surface area (Å²) < 4.78 is 6.01. The summed E-state index contributed by atoms with van der Waals surface area (Å²) in [6.45, 7) is 1.94. The van der Waals surface area contributed by atoms with Crippen LogP contribution in [0.1, 0.15) is 17.5 Å². The SMILES string of the molecule is Nc1ccc(CN2C=C3c4ccccc4O[C@@H]3CC2)cc1. The van der Waals surface area contributed by atoms with Crippen LogP contribution in [-0.2, 0) is 6.54 Å². The molecule has 2 aromatic rings. The van der Waals surface area contributed by atoms with Gasteiger partial charge in [0.15, 0.2) is 0 Å². The summed E-state index contributed by atoms with van der Waals surface area (Å²) in [7, 11) is 0. The van der Waals surface area contributed by atoms with E-state index in [9.17, 15) is 0 Å². The molecule has 0 spiro atoms. The Hall–Kier alpha value is -2.42. The van der Waals surface area contributed by atoms with Crippen molar-refractivity contribution < 1.29 is 4.74 Å². The lowest BCUT2D eigenvalue weighted by atomic mass is 9.98. The third-order valence-electron chi connectivity index (χ3n) is 4.18. The van der Waals surface area contributed by atoms with Crippen LogP contribution in [0, 0.1) is 0 Å². The Kier molecular flexibility index (Phi) is 2.85. The van der Waals surface area contributed by atoms with E-state index >= 15 is 0 Å². The first-order chi connectivity index (χ1) is 10.3. The van der Waals surface area contributed by atoms with Crippen LogP contribution in [0.15, 0.2) is 54.7 Å². The van der Waals surface area contributed by atoms with Crippen molar-refractivity contribution in [3.63, 3.8) is 0 Å². The van der Waals surface area contributed by atoms with Crippen LogP contribution in [0.25, 0.3) is 5.57 Å². The first kappa shape index (κ1) is 12.3. The molecule has 2 N–H and O–H groups in total. The fourth-order valence-electron chi connectivity index (χ4n) is 3.09. The summed E-state index contributed by atoms with van der Waals surface area (Å²) in [6.07, 6.45) is 3.52. The number of nitrogen functional groups attached to an aromatic ring is 1. The predicted octanol–water partition coefficient (Wildman–Crippen LogP) is 3.28. The zero-order valence-electron chi connectivity index (χ0n) is 11.8. The first-order valence-corrected chi connectivity index (χ1v) is 7.36. The van der Waals surface area contributed by atoms with Gasteiger partial charge in [0, 0.05) is 42.5 Å². The maximum atomic E-state index is 6.01. The molecule has 0 saturated heterocycles. The zero-order valence-corrected chi connectivity index (χ0v) is 11.8. The minimum atomic E-state index is 0.227. The van der Waals surface area contributed by atoms with Crippen molar-refractivity contribution in [2.24, 2.45) is 0 Å². The smallest absolute Gasteiger partial charge is 0.128 e. The van der Waals surface area contributed by atoms with Crippen LogP contribution in [-0.4, -0.2) is 17.5 Å². The number of hydrogen-bond acceptors (Lipinski definition) is 3. The molecule has 21 heavy (non-hydrogen) atoms. The molecule has 0 saturated carbocycles.